The number of hydrogen-bond donors (Lipinski definition) is 1. The van der Waals surface area contributed by atoms with E-state index in [1.54, 1.807) is 19.9 Å². The van der Waals surface area contributed by atoms with Crippen molar-refractivity contribution in [2.45, 2.75) is 44.2 Å². The molecule has 3 aliphatic rings. The van der Waals surface area contributed by atoms with Crippen molar-refractivity contribution < 1.29 is 18.7 Å². The SMILES string of the molecule is CC(=O)C1NN2c3cc(F)ccc3OCC2[C@@]1(CCCN1CCN(C(C)=O)CC1)c1ccccc1. The Kier molecular flexibility index (Phi) is 6.51. The third-order valence-electron chi connectivity index (χ3n) is 7.87. The number of ether oxygens (including phenoxy) is 1. The van der Waals surface area contributed by atoms with E-state index < -0.39 is 11.5 Å². The number of nitrogens with zero attached hydrogens (tertiary/aromatic N) is 3. The molecular formula is C27H33FN4O3. The molecule has 2 saturated heterocycles. The van der Waals surface area contributed by atoms with Gasteiger partial charge in [-0.25, -0.2) is 9.82 Å². The van der Waals surface area contributed by atoms with Crippen LogP contribution >= 0.6 is 0 Å². The zero-order chi connectivity index (χ0) is 24.6. The summed E-state index contributed by atoms with van der Waals surface area (Å²) in [4.78, 5) is 29.0. The van der Waals surface area contributed by atoms with Crippen molar-refractivity contribution in [1.29, 1.82) is 0 Å². The lowest BCUT2D eigenvalue weighted by atomic mass is 9.66. The van der Waals surface area contributed by atoms with E-state index >= 15 is 0 Å². The Bertz CT molecular complexity index is 1090. The number of fused-ring (bicyclic) bond motifs is 3. The maximum Gasteiger partial charge on any atom is 0.219 e. The third kappa shape index (κ3) is 4.29. The van der Waals surface area contributed by atoms with Crippen LogP contribution in [0.2, 0.25) is 0 Å². The molecule has 2 unspecified atom stereocenters. The van der Waals surface area contributed by atoms with Crippen LogP contribution in [0.5, 0.6) is 5.75 Å². The van der Waals surface area contributed by atoms with Gasteiger partial charge in [0, 0.05) is 44.6 Å². The Morgan fingerprint density at radius 3 is 2.51 bits per heavy atom. The number of carbonyl (C=O) groups is 2. The first-order valence-electron chi connectivity index (χ1n) is 12.4. The maximum absolute atomic E-state index is 14.2. The lowest BCUT2D eigenvalue weighted by Gasteiger charge is -2.42. The molecule has 0 bridgehead atoms. The van der Waals surface area contributed by atoms with E-state index in [4.69, 9.17) is 4.74 Å². The smallest absolute Gasteiger partial charge is 0.219 e. The highest BCUT2D eigenvalue weighted by molar-refractivity contribution is 5.86. The summed E-state index contributed by atoms with van der Waals surface area (Å²) in [6.45, 7) is 7.77. The summed E-state index contributed by atoms with van der Waals surface area (Å²) in [6.07, 6.45) is 1.66. The summed E-state index contributed by atoms with van der Waals surface area (Å²) in [7, 11) is 0. The molecule has 3 atom stereocenters. The number of hydrogen-bond acceptors (Lipinski definition) is 6. The average molecular weight is 481 g/mol. The van der Waals surface area contributed by atoms with Gasteiger partial charge in [-0.1, -0.05) is 30.3 Å². The van der Waals surface area contributed by atoms with Crippen LogP contribution in [0.25, 0.3) is 0 Å². The van der Waals surface area contributed by atoms with Crippen LogP contribution < -0.4 is 15.2 Å². The van der Waals surface area contributed by atoms with E-state index in [0.29, 0.717) is 18.0 Å². The van der Waals surface area contributed by atoms with Crippen molar-refractivity contribution in [3.05, 3.63) is 59.9 Å². The number of ketones is 1. The number of Topliss-reactive ketones (excluding diaryl/α,β-unsaturated/α-hetero) is 1. The van der Waals surface area contributed by atoms with Crippen LogP contribution in [0.3, 0.4) is 0 Å². The van der Waals surface area contributed by atoms with E-state index in [9.17, 15) is 14.0 Å². The van der Waals surface area contributed by atoms with Gasteiger partial charge in [-0.2, -0.15) is 0 Å². The quantitative estimate of drug-likeness (QED) is 0.686. The van der Waals surface area contributed by atoms with Crippen LogP contribution in [0, 0.1) is 5.82 Å². The topological polar surface area (TPSA) is 65.1 Å². The van der Waals surface area contributed by atoms with Crippen LogP contribution in [0.4, 0.5) is 10.1 Å². The first kappa shape index (κ1) is 23.8. The second kappa shape index (κ2) is 9.59. The third-order valence-corrected chi connectivity index (χ3v) is 7.87. The highest BCUT2D eigenvalue weighted by atomic mass is 19.1. The molecule has 8 heteroatoms. The first-order chi connectivity index (χ1) is 16.9. The van der Waals surface area contributed by atoms with Crippen molar-refractivity contribution in [2.24, 2.45) is 0 Å². The fraction of sp³-hybridized carbons (Fsp3) is 0.481. The molecule has 2 aromatic carbocycles. The van der Waals surface area contributed by atoms with Crippen LogP contribution in [0.15, 0.2) is 48.5 Å². The summed E-state index contributed by atoms with van der Waals surface area (Å²) in [5.74, 6) is 0.458. The Morgan fingerprint density at radius 1 is 1.09 bits per heavy atom. The number of anilines is 1. The summed E-state index contributed by atoms with van der Waals surface area (Å²) in [5, 5.41) is 1.96. The number of amides is 1. The zero-order valence-corrected chi connectivity index (χ0v) is 20.4. The molecule has 7 nitrogen and oxygen atoms in total. The minimum absolute atomic E-state index is 0.0521. The zero-order valence-electron chi connectivity index (χ0n) is 20.4. The van der Waals surface area contributed by atoms with Gasteiger partial charge in [-0.3, -0.25) is 19.5 Å². The van der Waals surface area contributed by atoms with Crippen LogP contribution in [-0.4, -0.2) is 72.9 Å². The number of piperazine rings is 1. The monoisotopic (exact) mass is 480 g/mol. The Hall–Kier alpha value is -2.97. The maximum atomic E-state index is 14.2. The molecule has 1 N–H and O–H groups in total. The summed E-state index contributed by atoms with van der Waals surface area (Å²) in [6, 6.07) is 14.1. The summed E-state index contributed by atoms with van der Waals surface area (Å²) in [5.41, 5.74) is 4.64. The summed E-state index contributed by atoms with van der Waals surface area (Å²) >= 11 is 0. The number of halogens is 1. The molecule has 2 aromatic rings. The molecule has 2 fully saturated rings. The van der Waals surface area contributed by atoms with Crippen LogP contribution in [0.1, 0.15) is 32.3 Å². The lowest BCUT2D eigenvalue weighted by molar-refractivity contribution is -0.130. The molecular weight excluding hydrogens is 447 g/mol. The Morgan fingerprint density at radius 2 is 1.83 bits per heavy atom. The van der Waals surface area contributed by atoms with Crippen molar-refractivity contribution in [2.75, 3.05) is 44.3 Å². The Balaban J connectivity index is 1.44. The Labute approximate surface area is 205 Å². The number of nitrogens with one attached hydrogen (secondary N) is 1. The van der Waals surface area contributed by atoms with Gasteiger partial charge >= 0.3 is 0 Å². The van der Waals surface area contributed by atoms with Gasteiger partial charge in [0.25, 0.3) is 0 Å². The predicted molar refractivity (Wildman–Crippen MR) is 132 cm³/mol. The average Bonchev–Trinajstić information content (AvgIpc) is 3.21. The largest absolute Gasteiger partial charge is 0.489 e. The molecule has 5 rings (SSSR count). The number of rotatable bonds is 6. The van der Waals surface area contributed by atoms with Gasteiger partial charge in [-0.15, -0.1) is 0 Å². The molecule has 3 aliphatic heterocycles. The lowest BCUT2D eigenvalue weighted by Crippen LogP contribution is -2.53. The molecule has 186 valence electrons. The van der Waals surface area contributed by atoms with Crippen molar-refractivity contribution in [1.82, 2.24) is 15.2 Å². The molecule has 0 aliphatic carbocycles. The number of benzene rings is 2. The van der Waals surface area contributed by atoms with E-state index in [2.05, 4.69) is 22.5 Å². The standard InChI is InChI=1S/C27H33FN4O3/c1-19(33)26-27(21-7-4-3-5-8-21,11-6-12-30-13-15-31(16-14-30)20(2)34)25-18-35-24-10-9-22(28)17-23(24)32(25)29-26/h3-5,7-10,17,25-26,29H,6,11-16,18H2,1-2H3/t25?,26?,27-/m1/s1. The molecule has 0 saturated carbocycles. The fourth-order valence-electron chi connectivity index (χ4n) is 6.10. The van der Waals surface area contributed by atoms with Crippen molar-refractivity contribution in [3.8, 4) is 5.75 Å². The van der Waals surface area contributed by atoms with Gasteiger partial charge in [0.2, 0.25) is 5.91 Å². The summed E-state index contributed by atoms with van der Waals surface area (Å²) < 4.78 is 20.3. The first-order valence-corrected chi connectivity index (χ1v) is 12.4. The highest BCUT2D eigenvalue weighted by Gasteiger charge is 2.58. The highest BCUT2D eigenvalue weighted by Crippen LogP contribution is 2.48. The minimum atomic E-state index is -0.529. The van der Waals surface area contributed by atoms with E-state index in [0.717, 1.165) is 51.1 Å². The number of hydrazine groups is 1. The molecule has 0 radical (unpaired) electrons. The minimum Gasteiger partial charge on any atom is -0.489 e. The molecule has 35 heavy (non-hydrogen) atoms. The molecule has 0 aromatic heterocycles. The van der Waals surface area contributed by atoms with Crippen molar-refractivity contribution in [3.63, 3.8) is 0 Å². The predicted octanol–water partition coefficient (Wildman–Crippen LogP) is 2.75. The van der Waals surface area contributed by atoms with Crippen LogP contribution in [-0.2, 0) is 15.0 Å². The van der Waals surface area contributed by atoms with Crippen molar-refractivity contribution >= 4 is 17.4 Å². The van der Waals surface area contributed by atoms with Gasteiger partial charge < -0.3 is 9.64 Å². The second-order valence-electron chi connectivity index (χ2n) is 9.84. The van der Waals surface area contributed by atoms with Gasteiger partial charge in [0.15, 0.2) is 0 Å². The fourth-order valence-corrected chi connectivity index (χ4v) is 6.10. The van der Waals surface area contributed by atoms with Gasteiger partial charge in [0.1, 0.15) is 24.0 Å². The molecule has 1 amide bonds. The number of carbonyl (C=O) groups excluding carboxylic acids is 2. The molecule has 3 heterocycles. The van der Waals surface area contributed by atoms with E-state index in [1.165, 1.54) is 12.1 Å². The second-order valence-corrected chi connectivity index (χ2v) is 9.84. The van der Waals surface area contributed by atoms with E-state index in [1.807, 2.05) is 28.1 Å². The van der Waals surface area contributed by atoms with Gasteiger partial charge in [-0.05, 0) is 44.0 Å². The molecule has 0 spiro atoms. The van der Waals surface area contributed by atoms with E-state index in [-0.39, 0.29) is 23.5 Å². The van der Waals surface area contributed by atoms with Gasteiger partial charge in [0.05, 0.1) is 17.8 Å². The normalized spacial score (nSPS) is 26.1.